The minimum atomic E-state index is -1.66. The maximum Gasteiger partial charge on any atom is 0.216 e. The first-order valence-electron chi connectivity index (χ1n) is 2.85. The Labute approximate surface area is 85.9 Å². The summed E-state index contributed by atoms with van der Waals surface area (Å²) in [4.78, 5) is 0. The van der Waals surface area contributed by atoms with Crippen LogP contribution in [0.4, 0.5) is 0 Å². The second-order valence-corrected chi connectivity index (χ2v) is 4.78. The van der Waals surface area contributed by atoms with E-state index in [1.54, 1.807) is 0 Å². The number of hydrogen-bond acceptors (Lipinski definition) is 1. The number of hydrogen-bond donors (Lipinski definition) is 1. The van der Waals surface area contributed by atoms with Gasteiger partial charge < -0.3 is 5.11 Å². The van der Waals surface area contributed by atoms with Crippen LogP contribution in [0.25, 0.3) is 0 Å². The number of aliphatic hydroxyl groups excluding tert-OH is 1. The largest absolute Gasteiger partial charge is 0.388 e. The van der Waals surface area contributed by atoms with Crippen molar-refractivity contribution in [3.63, 3.8) is 0 Å². The summed E-state index contributed by atoms with van der Waals surface area (Å²) in [6.45, 7) is 3.56. The van der Waals surface area contributed by atoms with Crippen LogP contribution in [0.5, 0.6) is 0 Å². The molecule has 0 aromatic rings. The predicted molar refractivity (Wildman–Crippen MR) is 50.8 cm³/mol. The van der Waals surface area contributed by atoms with Crippen molar-refractivity contribution in [3.05, 3.63) is 12.2 Å². The highest BCUT2D eigenvalue weighted by Crippen LogP contribution is 2.32. The topological polar surface area (TPSA) is 20.2 Å². The average Bonchev–Trinajstić information content (AvgIpc) is 1.85. The standard InChI is InChI=1S/C6H8Cl4O/c1-4(3-7)2-5(11)6(8,9)10/h5,11H,1-3H2. The zero-order chi connectivity index (χ0) is 9.07. The van der Waals surface area contributed by atoms with Crippen LogP contribution in [0, 0.1) is 0 Å². The van der Waals surface area contributed by atoms with Crippen LogP contribution in [0.2, 0.25) is 0 Å². The fourth-order valence-electron chi connectivity index (χ4n) is 0.444. The summed E-state index contributed by atoms with van der Waals surface area (Å²) in [6, 6.07) is 0. The molecule has 5 heteroatoms. The SMILES string of the molecule is C=C(CCl)CC(O)C(Cl)(Cl)Cl. The average molecular weight is 238 g/mol. The van der Waals surface area contributed by atoms with Gasteiger partial charge in [-0.1, -0.05) is 47.0 Å². The second-order valence-electron chi connectivity index (χ2n) is 2.15. The maximum atomic E-state index is 9.17. The number of rotatable bonds is 3. The van der Waals surface area contributed by atoms with Gasteiger partial charge in [-0.3, -0.25) is 0 Å². The van der Waals surface area contributed by atoms with Gasteiger partial charge in [-0.05, 0) is 6.42 Å². The van der Waals surface area contributed by atoms with Crippen LogP contribution in [-0.2, 0) is 0 Å². The lowest BCUT2D eigenvalue weighted by molar-refractivity contribution is 0.179. The van der Waals surface area contributed by atoms with E-state index in [0.717, 1.165) is 0 Å². The molecule has 0 heterocycles. The highest BCUT2D eigenvalue weighted by molar-refractivity contribution is 6.68. The molecule has 0 aliphatic carbocycles. The van der Waals surface area contributed by atoms with Gasteiger partial charge in [0.2, 0.25) is 3.79 Å². The summed E-state index contributed by atoms with van der Waals surface area (Å²) in [5.41, 5.74) is 0.644. The van der Waals surface area contributed by atoms with Crippen molar-refractivity contribution in [3.8, 4) is 0 Å². The van der Waals surface area contributed by atoms with Gasteiger partial charge >= 0.3 is 0 Å². The third kappa shape index (κ3) is 5.15. The molecule has 0 aromatic carbocycles. The lowest BCUT2D eigenvalue weighted by atomic mass is 10.2. The van der Waals surface area contributed by atoms with Crippen LogP contribution >= 0.6 is 46.4 Å². The van der Waals surface area contributed by atoms with Crippen LogP contribution in [0.1, 0.15) is 6.42 Å². The minimum Gasteiger partial charge on any atom is -0.388 e. The third-order valence-electron chi connectivity index (χ3n) is 1.05. The monoisotopic (exact) mass is 236 g/mol. The van der Waals surface area contributed by atoms with Gasteiger partial charge in [0.25, 0.3) is 0 Å². The molecule has 0 saturated carbocycles. The van der Waals surface area contributed by atoms with E-state index >= 15 is 0 Å². The molecule has 1 N–H and O–H groups in total. The normalized spacial score (nSPS) is 14.6. The van der Waals surface area contributed by atoms with E-state index < -0.39 is 9.90 Å². The molecule has 0 bridgehead atoms. The van der Waals surface area contributed by atoms with Gasteiger partial charge in [-0.15, -0.1) is 11.6 Å². The molecule has 11 heavy (non-hydrogen) atoms. The molecule has 0 saturated heterocycles. The lowest BCUT2D eigenvalue weighted by Gasteiger charge is -2.18. The van der Waals surface area contributed by atoms with Crippen molar-refractivity contribution < 1.29 is 5.11 Å². The lowest BCUT2D eigenvalue weighted by Crippen LogP contribution is -2.25. The molecule has 1 unspecified atom stereocenters. The molecule has 0 rings (SSSR count). The van der Waals surface area contributed by atoms with Crippen molar-refractivity contribution in [2.75, 3.05) is 5.88 Å². The summed E-state index contributed by atoms with van der Waals surface area (Å²) in [5, 5.41) is 9.17. The second kappa shape index (κ2) is 4.78. The minimum absolute atomic E-state index is 0.208. The first-order valence-corrected chi connectivity index (χ1v) is 4.52. The van der Waals surface area contributed by atoms with E-state index in [4.69, 9.17) is 46.4 Å². The van der Waals surface area contributed by atoms with Gasteiger partial charge in [0, 0.05) is 5.88 Å². The van der Waals surface area contributed by atoms with E-state index in [-0.39, 0.29) is 12.3 Å². The van der Waals surface area contributed by atoms with E-state index in [9.17, 15) is 5.11 Å². The Morgan fingerprint density at radius 1 is 1.45 bits per heavy atom. The first-order chi connectivity index (χ1) is 4.88. The Morgan fingerprint density at radius 2 is 1.91 bits per heavy atom. The van der Waals surface area contributed by atoms with Gasteiger partial charge in [0.15, 0.2) is 0 Å². The molecule has 0 aliphatic rings. The fourth-order valence-corrected chi connectivity index (χ4v) is 0.784. The van der Waals surface area contributed by atoms with Gasteiger partial charge in [0.05, 0.1) is 0 Å². The Bertz CT molecular complexity index is 140. The van der Waals surface area contributed by atoms with Crippen LogP contribution in [0.15, 0.2) is 12.2 Å². The molecular weight excluding hydrogens is 230 g/mol. The molecule has 1 nitrogen and oxygen atoms in total. The summed E-state index contributed by atoms with van der Waals surface area (Å²) >= 11 is 21.6. The Balaban J connectivity index is 3.87. The zero-order valence-electron chi connectivity index (χ0n) is 5.66. The molecule has 0 amide bonds. The molecular formula is C6H8Cl4O. The molecule has 0 aliphatic heterocycles. The molecule has 0 spiro atoms. The van der Waals surface area contributed by atoms with E-state index in [1.165, 1.54) is 0 Å². The Morgan fingerprint density at radius 3 is 2.18 bits per heavy atom. The third-order valence-corrected chi connectivity index (χ3v) is 2.18. The number of alkyl halides is 4. The quantitative estimate of drug-likeness (QED) is 0.591. The highest BCUT2D eigenvalue weighted by atomic mass is 35.6. The Hall–Kier alpha value is 0.860. The zero-order valence-corrected chi connectivity index (χ0v) is 8.68. The predicted octanol–water partition coefficient (Wildman–Crippen LogP) is 2.90. The summed E-state index contributed by atoms with van der Waals surface area (Å²) in [6.07, 6.45) is -0.834. The summed E-state index contributed by atoms with van der Waals surface area (Å²) in [7, 11) is 0. The van der Waals surface area contributed by atoms with Crippen molar-refractivity contribution in [2.24, 2.45) is 0 Å². The van der Waals surface area contributed by atoms with Crippen molar-refractivity contribution in [1.82, 2.24) is 0 Å². The fraction of sp³-hybridized carbons (Fsp3) is 0.667. The van der Waals surface area contributed by atoms with Crippen LogP contribution < -0.4 is 0 Å². The van der Waals surface area contributed by atoms with E-state index in [0.29, 0.717) is 5.57 Å². The molecule has 1 atom stereocenters. The van der Waals surface area contributed by atoms with Crippen LogP contribution in [0.3, 0.4) is 0 Å². The van der Waals surface area contributed by atoms with E-state index in [2.05, 4.69) is 6.58 Å². The first kappa shape index (κ1) is 11.9. The smallest absolute Gasteiger partial charge is 0.216 e. The summed E-state index contributed by atoms with van der Waals surface area (Å²) < 4.78 is -1.66. The number of aliphatic hydroxyl groups is 1. The van der Waals surface area contributed by atoms with E-state index in [1.807, 2.05) is 0 Å². The van der Waals surface area contributed by atoms with Gasteiger partial charge in [-0.2, -0.15) is 0 Å². The highest BCUT2D eigenvalue weighted by Gasteiger charge is 2.30. The molecule has 0 fully saturated rings. The summed E-state index contributed by atoms with van der Waals surface area (Å²) in [5.74, 6) is 0.262. The van der Waals surface area contributed by atoms with Gasteiger partial charge in [-0.25, -0.2) is 0 Å². The Kier molecular flexibility index (Phi) is 5.16. The van der Waals surface area contributed by atoms with Crippen molar-refractivity contribution in [1.29, 1.82) is 0 Å². The van der Waals surface area contributed by atoms with Crippen molar-refractivity contribution >= 4 is 46.4 Å². The number of halogens is 4. The van der Waals surface area contributed by atoms with Crippen molar-refractivity contribution in [2.45, 2.75) is 16.3 Å². The molecule has 66 valence electrons. The molecule has 0 radical (unpaired) electrons. The van der Waals surface area contributed by atoms with Crippen LogP contribution in [-0.4, -0.2) is 20.9 Å². The maximum absolute atomic E-state index is 9.17. The molecule has 0 aromatic heterocycles. The van der Waals surface area contributed by atoms with Gasteiger partial charge in [0.1, 0.15) is 6.10 Å².